The van der Waals surface area contributed by atoms with Gasteiger partial charge in [-0.15, -0.1) is 4.91 Å². The molecule has 3 heteroatoms. The summed E-state index contributed by atoms with van der Waals surface area (Å²) < 4.78 is 0. The minimum Gasteiger partial charge on any atom is -0.379 e. The fraction of sp³-hybridized carbons (Fsp3) is 0.714. The quantitative estimate of drug-likeness (QED) is 0.319. The van der Waals surface area contributed by atoms with Crippen molar-refractivity contribution in [3.8, 4) is 0 Å². The molecule has 56 valence electrons. The van der Waals surface area contributed by atoms with Gasteiger partial charge in [-0.05, 0) is 31.6 Å². The van der Waals surface area contributed by atoms with Crippen molar-refractivity contribution in [1.29, 1.82) is 0 Å². The van der Waals surface area contributed by atoms with Crippen molar-refractivity contribution >= 4 is 0 Å². The molecule has 0 saturated heterocycles. The molecule has 3 nitrogen and oxygen atoms in total. The lowest BCUT2D eigenvalue weighted by molar-refractivity contribution is 0.312. The van der Waals surface area contributed by atoms with E-state index in [0.717, 1.165) is 5.92 Å². The average molecular weight is 141 g/mol. The van der Waals surface area contributed by atoms with Gasteiger partial charge in [-0.3, -0.25) is 0 Å². The van der Waals surface area contributed by atoms with Gasteiger partial charge >= 0.3 is 0 Å². The van der Waals surface area contributed by atoms with Gasteiger partial charge in [0.15, 0.2) is 5.34 Å². The molecule has 0 aliphatic heterocycles. The molecule has 0 aromatic rings. The first-order valence-electron chi connectivity index (χ1n) is 3.51. The summed E-state index contributed by atoms with van der Waals surface area (Å²) in [5.74, 6) is 1.08. The summed E-state index contributed by atoms with van der Waals surface area (Å²) in [6.07, 6.45) is 8.18. The van der Waals surface area contributed by atoms with Crippen LogP contribution >= 0.6 is 0 Å². The van der Waals surface area contributed by atoms with Gasteiger partial charge in [-0.1, -0.05) is 11.6 Å². The molecule has 10 heavy (non-hydrogen) atoms. The Bertz CT molecular complexity index is 154. The molecule has 2 aliphatic carbocycles. The Morgan fingerprint density at radius 1 is 1.70 bits per heavy atom. The first-order chi connectivity index (χ1) is 4.86. The SMILES string of the molecule is C1=C2CCC(C1)C2.O=NO. The second kappa shape index (κ2) is 3.34. The average Bonchev–Trinajstić information content (AvgIpc) is 2.49. The van der Waals surface area contributed by atoms with Crippen molar-refractivity contribution in [2.75, 3.05) is 0 Å². The largest absolute Gasteiger partial charge is 0.379 e. The minimum atomic E-state index is 1.08. The Balaban J connectivity index is 0.000000148. The van der Waals surface area contributed by atoms with Crippen LogP contribution in [0.1, 0.15) is 25.7 Å². The standard InChI is InChI=1S/C7H10.HNO2/c1-2-7-4-3-6(1)5-7;2-1-3/h1,7H,2-5H2;(H,2,3). The van der Waals surface area contributed by atoms with Crippen LogP contribution in [0.15, 0.2) is 17.0 Å². The van der Waals surface area contributed by atoms with Crippen molar-refractivity contribution in [3.05, 3.63) is 16.6 Å². The summed E-state index contributed by atoms with van der Waals surface area (Å²) in [6, 6.07) is 0. The molecule has 1 fully saturated rings. The van der Waals surface area contributed by atoms with Gasteiger partial charge in [0.25, 0.3) is 0 Å². The first kappa shape index (κ1) is 7.25. The first-order valence-corrected chi connectivity index (χ1v) is 3.51. The molecule has 2 bridgehead atoms. The third-order valence-electron chi connectivity index (χ3n) is 2.16. The van der Waals surface area contributed by atoms with Crippen LogP contribution in [-0.4, -0.2) is 5.21 Å². The Morgan fingerprint density at radius 2 is 2.40 bits per heavy atom. The summed E-state index contributed by atoms with van der Waals surface area (Å²) >= 11 is 0. The van der Waals surface area contributed by atoms with E-state index in [2.05, 4.69) is 6.08 Å². The van der Waals surface area contributed by atoms with E-state index in [-0.39, 0.29) is 0 Å². The molecule has 0 heterocycles. The minimum absolute atomic E-state index is 1.08. The molecule has 0 aromatic heterocycles. The smallest absolute Gasteiger partial charge is 0.152 e. The van der Waals surface area contributed by atoms with Crippen molar-refractivity contribution in [2.24, 2.45) is 11.3 Å². The Hall–Kier alpha value is -0.860. The van der Waals surface area contributed by atoms with E-state index in [1.807, 2.05) is 0 Å². The maximum Gasteiger partial charge on any atom is 0.152 e. The molecule has 1 N–H and O–H groups in total. The van der Waals surface area contributed by atoms with Crippen LogP contribution in [-0.2, 0) is 0 Å². The summed E-state index contributed by atoms with van der Waals surface area (Å²) in [5.41, 5.74) is 1.74. The molecule has 1 unspecified atom stereocenters. The van der Waals surface area contributed by atoms with Crippen molar-refractivity contribution in [3.63, 3.8) is 0 Å². The molecule has 1 saturated carbocycles. The van der Waals surface area contributed by atoms with Crippen LogP contribution in [0.4, 0.5) is 0 Å². The molecule has 0 aromatic carbocycles. The van der Waals surface area contributed by atoms with E-state index in [4.69, 9.17) is 10.1 Å². The molecule has 0 spiro atoms. The summed E-state index contributed by atoms with van der Waals surface area (Å²) in [6.45, 7) is 0. The molecular formula is C7H11NO2. The number of allylic oxidation sites excluding steroid dienone is 2. The number of rotatable bonds is 0. The highest BCUT2D eigenvalue weighted by molar-refractivity contribution is 5.15. The van der Waals surface area contributed by atoms with Gasteiger partial charge in [0.2, 0.25) is 0 Å². The molecule has 2 rings (SSSR count). The van der Waals surface area contributed by atoms with Gasteiger partial charge < -0.3 is 5.21 Å². The lowest BCUT2D eigenvalue weighted by atomic mass is 10.1. The molecule has 0 amide bonds. The Labute approximate surface area is 59.7 Å². The maximum atomic E-state index is 8.11. The lowest BCUT2D eigenvalue weighted by Crippen LogP contribution is -1.85. The zero-order chi connectivity index (χ0) is 7.40. The van der Waals surface area contributed by atoms with Gasteiger partial charge in [0.05, 0.1) is 0 Å². The Kier molecular flexibility index (Phi) is 2.42. The van der Waals surface area contributed by atoms with Gasteiger partial charge in [-0.2, -0.15) is 0 Å². The van der Waals surface area contributed by atoms with Crippen LogP contribution in [0.2, 0.25) is 0 Å². The fourth-order valence-electron chi connectivity index (χ4n) is 1.68. The monoisotopic (exact) mass is 141 g/mol. The maximum absolute atomic E-state index is 8.11. The second-order valence-electron chi connectivity index (χ2n) is 2.79. The van der Waals surface area contributed by atoms with Crippen molar-refractivity contribution in [2.45, 2.75) is 25.7 Å². The zero-order valence-corrected chi connectivity index (χ0v) is 5.79. The molecule has 0 radical (unpaired) electrons. The van der Waals surface area contributed by atoms with Crippen molar-refractivity contribution in [1.82, 2.24) is 0 Å². The third kappa shape index (κ3) is 1.56. The Morgan fingerprint density at radius 3 is 2.50 bits per heavy atom. The van der Waals surface area contributed by atoms with E-state index >= 15 is 0 Å². The predicted octanol–water partition coefficient (Wildman–Crippen LogP) is 2.26. The van der Waals surface area contributed by atoms with E-state index in [1.165, 1.54) is 31.0 Å². The van der Waals surface area contributed by atoms with E-state index in [0.29, 0.717) is 0 Å². The predicted molar refractivity (Wildman–Crippen MR) is 37.6 cm³/mol. The third-order valence-corrected chi connectivity index (χ3v) is 2.16. The van der Waals surface area contributed by atoms with Crippen LogP contribution in [0, 0.1) is 10.8 Å². The highest BCUT2D eigenvalue weighted by Gasteiger charge is 2.22. The fourth-order valence-corrected chi connectivity index (χ4v) is 1.68. The van der Waals surface area contributed by atoms with E-state index < -0.39 is 0 Å². The molecule has 1 atom stereocenters. The van der Waals surface area contributed by atoms with Crippen molar-refractivity contribution < 1.29 is 5.21 Å². The normalized spacial score (nSPS) is 26.8. The van der Waals surface area contributed by atoms with Crippen LogP contribution in [0.3, 0.4) is 0 Å². The number of fused-ring (bicyclic) bond motifs is 2. The molecule has 2 aliphatic rings. The zero-order valence-electron chi connectivity index (χ0n) is 5.79. The summed E-state index contributed by atoms with van der Waals surface area (Å²) in [5, 5.41) is 7.89. The number of nitrogens with zero attached hydrogens (tertiary/aromatic N) is 1. The number of hydrogen-bond donors (Lipinski definition) is 1. The summed E-state index contributed by atoms with van der Waals surface area (Å²) in [7, 11) is 0. The van der Waals surface area contributed by atoms with Gasteiger partial charge in [0.1, 0.15) is 0 Å². The van der Waals surface area contributed by atoms with Gasteiger partial charge in [0, 0.05) is 0 Å². The van der Waals surface area contributed by atoms with Crippen LogP contribution in [0.25, 0.3) is 0 Å². The van der Waals surface area contributed by atoms with Crippen LogP contribution in [0.5, 0.6) is 0 Å². The van der Waals surface area contributed by atoms with E-state index in [9.17, 15) is 0 Å². The van der Waals surface area contributed by atoms with Gasteiger partial charge in [-0.25, -0.2) is 0 Å². The van der Waals surface area contributed by atoms with Crippen LogP contribution < -0.4 is 0 Å². The topological polar surface area (TPSA) is 49.7 Å². The highest BCUT2D eigenvalue weighted by atomic mass is 16.6. The summed E-state index contributed by atoms with van der Waals surface area (Å²) in [4.78, 5) is 8.11. The lowest BCUT2D eigenvalue weighted by Gasteiger charge is -1.98. The second-order valence-corrected chi connectivity index (χ2v) is 2.79. The van der Waals surface area contributed by atoms with E-state index in [1.54, 1.807) is 5.57 Å². The highest BCUT2D eigenvalue weighted by Crippen LogP contribution is 2.38. The number of hydrogen-bond acceptors (Lipinski definition) is 2. The molecular weight excluding hydrogens is 130 g/mol.